The third kappa shape index (κ3) is 3.68. The van der Waals surface area contributed by atoms with Crippen molar-refractivity contribution in [3.05, 3.63) is 29.6 Å². The van der Waals surface area contributed by atoms with Gasteiger partial charge < -0.3 is 5.73 Å². The fourth-order valence-corrected chi connectivity index (χ4v) is 4.40. The monoisotopic (exact) mass is 304 g/mol. The molecule has 1 unspecified atom stereocenters. The second-order valence-electron chi connectivity index (χ2n) is 4.44. The first-order valence-corrected chi connectivity index (χ1v) is 8.66. The Labute approximate surface area is 117 Å². The number of nitrogens with one attached hydrogen (secondary N) is 1. The van der Waals surface area contributed by atoms with Gasteiger partial charge in [-0.05, 0) is 36.8 Å². The first kappa shape index (κ1) is 14.8. The minimum Gasteiger partial charge on any atom is -0.326 e. The number of halogens is 1. The molecule has 106 valence electrons. The Morgan fingerprint density at radius 1 is 1.47 bits per heavy atom. The van der Waals surface area contributed by atoms with Gasteiger partial charge in [0.05, 0.1) is 4.90 Å². The van der Waals surface area contributed by atoms with Crippen LogP contribution in [0.1, 0.15) is 18.4 Å². The Bertz CT molecular complexity index is 543. The summed E-state index contributed by atoms with van der Waals surface area (Å²) in [6, 6.07) is 3.69. The largest absolute Gasteiger partial charge is 0.326 e. The van der Waals surface area contributed by atoms with E-state index in [1.807, 2.05) is 0 Å². The average molecular weight is 304 g/mol. The van der Waals surface area contributed by atoms with Gasteiger partial charge in [-0.3, -0.25) is 0 Å². The Balaban J connectivity index is 2.10. The predicted molar refractivity (Wildman–Crippen MR) is 75.0 cm³/mol. The van der Waals surface area contributed by atoms with Crippen LogP contribution in [0.3, 0.4) is 0 Å². The average Bonchev–Trinajstić information content (AvgIpc) is 2.90. The van der Waals surface area contributed by atoms with Crippen molar-refractivity contribution in [2.24, 2.45) is 5.73 Å². The van der Waals surface area contributed by atoms with Crippen LogP contribution in [0.2, 0.25) is 0 Å². The standard InChI is InChI=1S/C12H17FN2O2S2/c13-12-4-3-11(6-9(12)7-14)19(16,17)15-8-10-2-1-5-18-10/h3-4,6,10,15H,1-2,5,7-8,14H2. The van der Waals surface area contributed by atoms with E-state index in [0.29, 0.717) is 11.8 Å². The topological polar surface area (TPSA) is 72.2 Å². The van der Waals surface area contributed by atoms with Crippen molar-refractivity contribution in [1.82, 2.24) is 4.72 Å². The molecule has 1 aromatic rings. The Hall–Kier alpha value is -0.630. The number of rotatable bonds is 5. The van der Waals surface area contributed by atoms with Gasteiger partial charge in [0.2, 0.25) is 10.0 Å². The lowest BCUT2D eigenvalue weighted by Gasteiger charge is -2.11. The van der Waals surface area contributed by atoms with E-state index in [1.165, 1.54) is 12.1 Å². The van der Waals surface area contributed by atoms with Crippen LogP contribution in [-0.4, -0.2) is 26.0 Å². The lowest BCUT2D eigenvalue weighted by molar-refractivity contribution is 0.577. The number of thioether (sulfide) groups is 1. The summed E-state index contributed by atoms with van der Waals surface area (Å²) in [6.07, 6.45) is 2.16. The van der Waals surface area contributed by atoms with Gasteiger partial charge in [0.15, 0.2) is 0 Å². The molecule has 1 aliphatic rings. The summed E-state index contributed by atoms with van der Waals surface area (Å²) < 4.78 is 40.0. The molecule has 7 heteroatoms. The number of nitrogens with two attached hydrogens (primary N) is 1. The lowest BCUT2D eigenvalue weighted by Crippen LogP contribution is -2.30. The molecule has 19 heavy (non-hydrogen) atoms. The van der Waals surface area contributed by atoms with Crippen molar-refractivity contribution < 1.29 is 12.8 Å². The molecule has 2 rings (SSSR count). The van der Waals surface area contributed by atoms with E-state index in [-0.39, 0.29) is 17.0 Å². The van der Waals surface area contributed by atoms with Crippen molar-refractivity contribution in [3.63, 3.8) is 0 Å². The molecule has 0 radical (unpaired) electrons. The summed E-state index contributed by atoms with van der Waals surface area (Å²) in [5.74, 6) is 0.605. The Morgan fingerprint density at radius 2 is 2.26 bits per heavy atom. The van der Waals surface area contributed by atoms with E-state index in [4.69, 9.17) is 5.73 Å². The zero-order valence-corrected chi connectivity index (χ0v) is 12.1. The molecular formula is C12H17FN2O2S2. The molecule has 0 aliphatic carbocycles. The third-order valence-electron chi connectivity index (χ3n) is 3.07. The molecule has 4 nitrogen and oxygen atoms in total. The molecule has 1 fully saturated rings. The molecule has 0 spiro atoms. The zero-order valence-electron chi connectivity index (χ0n) is 10.4. The fraction of sp³-hybridized carbons (Fsp3) is 0.500. The highest BCUT2D eigenvalue weighted by atomic mass is 32.2. The van der Waals surface area contributed by atoms with Crippen LogP contribution in [0.5, 0.6) is 0 Å². The van der Waals surface area contributed by atoms with E-state index in [2.05, 4.69) is 4.72 Å². The van der Waals surface area contributed by atoms with E-state index in [9.17, 15) is 12.8 Å². The molecule has 0 saturated carbocycles. The van der Waals surface area contributed by atoms with Crippen LogP contribution in [0.25, 0.3) is 0 Å². The fourth-order valence-electron chi connectivity index (χ4n) is 1.97. The van der Waals surface area contributed by atoms with E-state index < -0.39 is 15.8 Å². The van der Waals surface area contributed by atoms with Gasteiger partial charge in [0.25, 0.3) is 0 Å². The first-order chi connectivity index (χ1) is 9.03. The number of hydrogen-bond donors (Lipinski definition) is 2. The van der Waals surface area contributed by atoms with Crippen molar-refractivity contribution in [1.29, 1.82) is 0 Å². The molecule has 1 saturated heterocycles. The van der Waals surface area contributed by atoms with E-state index in [1.54, 1.807) is 11.8 Å². The van der Waals surface area contributed by atoms with Crippen molar-refractivity contribution >= 4 is 21.8 Å². The Morgan fingerprint density at radius 3 is 2.89 bits per heavy atom. The molecule has 1 aromatic carbocycles. The van der Waals surface area contributed by atoms with Crippen LogP contribution in [-0.2, 0) is 16.6 Å². The maximum atomic E-state index is 13.3. The van der Waals surface area contributed by atoms with Gasteiger partial charge in [-0.1, -0.05) is 0 Å². The van der Waals surface area contributed by atoms with Crippen molar-refractivity contribution in [2.75, 3.05) is 12.3 Å². The lowest BCUT2D eigenvalue weighted by atomic mass is 10.2. The molecule has 1 heterocycles. The maximum Gasteiger partial charge on any atom is 0.240 e. The van der Waals surface area contributed by atoms with Crippen LogP contribution in [0, 0.1) is 5.82 Å². The SMILES string of the molecule is NCc1cc(S(=O)(=O)NCC2CCCS2)ccc1F. The summed E-state index contributed by atoms with van der Waals surface area (Å²) in [7, 11) is -3.58. The summed E-state index contributed by atoms with van der Waals surface area (Å²) >= 11 is 1.78. The van der Waals surface area contributed by atoms with E-state index >= 15 is 0 Å². The smallest absolute Gasteiger partial charge is 0.240 e. The minimum atomic E-state index is -3.58. The normalized spacial score (nSPS) is 19.8. The maximum absolute atomic E-state index is 13.3. The highest BCUT2D eigenvalue weighted by Gasteiger charge is 2.20. The molecule has 1 atom stereocenters. The van der Waals surface area contributed by atoms with Crippen molar-refractivity contribution in [2.45, 2.75) is 29.5 Å². The molecule has 0 amide bonds. The first-order valence-electron chi connectivity index (χ1n) is 6.12. The van der Waals surface area contributed by atoms with Gasteiger partial charge in [0, 0.05) is 23.9 Å². The Kier molecular flexibility index (Phi) is 4.83. The highest BCUT2D eigenvalue weighted by molar-refractivity contribution is 8.00. The van der Waals surface area contributed by atoms with Gasteiger partial charge in [0.1, 0.15) is 5.82 Å². The van der Waals surface area contributed by atoms with Crippen LogP contribution < -0.4 is 10.5 Å². The predicted octanol–water partition coefficient (Wildman–Crippen LogP) is 1.46. The van der Waals surface area contributed by atoms with Crippen LogP contribution >= 0.6 is 11.8 Å². The summed E-state index contributed by atoms with van der Waals surface area (Å²) in [5, 5.41) is 0.337. The summed E-state index contributed by atoms with van der Waals surface area (Å²) in [5.41, 5.74) is 5.58. The van der Waals surface area contributed by atoms with E-state index in [0.717, 1.165) is 24.7 Å². The molecule has 0 bridgehead atoms. The third-order valence-corrected chi connectivity index (χ3v) is 5.89. The zero-order chi connectivity index (χ0) is 13.9. The number of hydrogen-bond acceptors (Lipinski definition) is 4. The summed E-state index contributed by atoms with van der Waals surface area (Å²) in [6.45, 7) is 0.399. The summed E-state index contributed by atoms with van der Waals surface area (Å²) in [4.78, 5) is 0.0670. The van der Waals surface area contributed by atoms with Crippen LogP contribution in [0.15, 0.2) is 23.1 Å². The van der Waals surface area contributed by atoms with Gasteiger partial charge >= 0.3 is 0 Å². The van der Waals surface area contributed by atoms with Gasteiger partial charge in [-0.2, -0.15) is 11.8 Å². The molecule has 3 N–H and O–H groups in total. The van der Waals surface area contributed by atoms with Gasteiger partial charge in [-0.15, -0.1) is 0 Å². The van der Waals surface area contributed by atoms with Gasteiger partial charge in [-0.25, -0.2) is 17.5 Å². The highest BCUT2D eigenvalue weighted by Crippen LogP contribution is 2.25. The van der Waals surface area contributed by atoms with Crippen LogP contribution in [0.4, 0.5) is 4.39 Å². The minimum absolute atomic E-state index is 0.0202. The number of benzene rings is 1. The van der Waals surface area contributed by atoms with Crippen molar-refractivity contribution in [3.8, 4) is 0 Å². The number of sulfonamides is 1. The second kappa shape index (κ2) is 6.21. The molecular weight excluding hydrogens is 287 g/mol. The quantitative estimate of drug-likeness (QED) is 0.864. The molecule has 1 aliphatic heterocycles. The molecule has 0 aromatic heterocycles. The second-order valence-corrected chi connectivity index (χ2v) is 7.62.